The number of rotatable bonds is 7. The van der Waals surface area contributed by atoms with Gasteiger partial charge < -0.3 is 25.0 Å². The summed E-state index contributed by atoms with van der Waals surface area (Å²) in [7, 11) is 1.58. The Balaban J connectivity index is 1.55. The Bertz CT molecular complexity index is 814. The molecule has 4 atom stereocenters. The van der Waals surface area contributed by atoms with Crippen molar-refractivity contribution in [3.05, 3.63) is 23.8 Å². The van der Waals surface area contributed by atoms with E-state index in [0.29, 0.717) is 60.9 Å². The summed E-state index contributed by atoms with van der Waals surface area (Å²) in [5.41, 5.74) is 6.14. The average Bonchev–Trinajstić information content (AvgIpc) is 2.79. The van der Waals surface area contributed by atoms with Gasteiger partial charge in [0.05, 0.1) is 7.11 Å². The second-order valence-electron chi connectivity index (χ2n) is 9.09. The maximum absolute atomic E-state index is 13.4. The van der Waals surface area contributed by atoms with Gasteiger partial charge in [-0.1, -0.05) is 13.3 Å². The first-order valence-corrected chi connectivity index (χ1v) is 11.7. The molecular weight excluding hydrogens is 394 g/mol. The van der Waals surface area contributed by atoms with Gasteiger partial charge in [-0.05, 0) is 55.7 Å². The highest BCUT2D eigenvalue weighted by Crippen LogP contribution is 2.43. The van der Waals surface area contributed by atoms with Gasteiger partial charge in [-0.15, -0.1) is 0 Å². The number of piperidine rings is 3. The van der Waals surface area contributed by atoms with Crippen LogP contribution >= 0.6 is 0 Å². The van der Waals surface area contributed by atoms with E-state index in [-0.39, 0.29) is 18.0 Å². The number of benzene rings is 1. The molecule has 0 aromatic heterocycles. The lowest BCUT2D eigenvalue weighted by Gasteiger charge is -2.56. The lowest BCUT2D eigenvalue weighted by molar-refractivity contribution is -0.152. The van der Waals surface area contributed by atoms with Crippen LogP contribution in [0, 0.1) is 11.8 Å². The molecule has 4 rings (SSSR count). The Labute approximate surface area is 184 Å². The molecule has 2 amide bonds. The number of carbonyl (C=O) groups is 2. The van der Waals surface area contributed by atoms with Crippen molar-refractivity contribution in [1.29, 1.82) is 0 Å². The van der Waals surface area contributed by atoms with E-state index >= 15 is 0 Å². The summed E-state index contributed by atoms with van der Waals surface area (Å²) in [6.45, 7) is 4.43. The van der Waals surface area contributed by atoms with Crippen molar-refractivity contribution >= 4 is 11.8 Å². The number of nitrogens with two attached hydrogens (primary N) is 1. The van der Waals surface area contributed by atoms with Gasteiger partial charge in [-0.25, -0.2) is 0 Å². The number of hydrogen-bond acceptors (Lipinski definition) is 5. The van der Waals surface area contributed by atoms with Crippen LogP contribution in [0.3, 0.4) is 0 Å². The molecular formula is C24H35N3O4. The molecule has 7 heteroatoms. The van der Waals surface area contributed by atoms with E-state index in [1.807, 2.05) is 4.90 Å². The molecule has 0 saturated carbocycles. The Morgan fingerprint density at radius 1 is 1.23 bits per heavy atom. The zero-order valence-corrected chi connectivity index (χ0v) is 18.7. The normalized spacial score (nSPS) is 27.6. The summed E-state index contributed by atoms with van der Waals surface area (Å²) in [4.78, 5) is 30.4. The van der Waals surface area contributed by atoms with Gasteiger partial charge in [0.2, 0.25) is 5.91 Å². The summed E-state index contributed by atoms with van der Waals surface area (Å²) in [6, 6.07) is 5.90. The molecule has 3 aliphatic heterocycles. The van der Waals surface area contributed by atoms with Crippen molar-refractivity contribution in [2.45, 2.75) is 57.5 Å². The summed E-state index contributed by atoms with van der Waals surface area (Å²) >= 11 is 0. The van der Waals surface area contributed by atoms with Crippen molar-refractivity contribution in [3.63, 3.8) is 0 Å². The fourth-order valence-corrected chi connectivity index (χ4v) is 5.88. The van der Waals surface area contributed by atoms with E-state index < -0.39 is 0 Å². The van der Waals surface area contributed by atoms with E-state index in [1.165, 1.54) is 0 Å². The summed E-state index contributed by atoms with van der Waals surface area (Å²) < 4.78 is 11.1. The summed E-state index contributed by atoms with van der Waals surface area (Å²) in [6.07, 6.45) is 5.90. The fourth-order valence-electron chi connectivity index (χ4n) is 5.88. The number of hydrogen-bond donors (Lipinski definition) is 1. The van der Waals surface area contributed by atoms with Gasteiger partial charge in [0.25, 0.3) is 5.91 Å². The van der Waals surface area contributed by atoms with Gasteiger partial charge in [-0.3, -0.25) is 9.59 Å². The van der Waals surface area contributed by atoms with Crippen molar-refractivity contribution in [2.75, 3.05) is 33.4 Å². The number of likely N-dealkylation sites (tertiary alicyclic amines) is 1. The second kappa shape index (κ2) is 9.47. The van der Waals surface area contributed by atoms with Crippen LogP contribution in [0.5, 0.6) is 11.5 Å². The van der Waals surface area contributed by atoms with Gasteiger partial charge in [0.1, 0.15) is 6.61 Å². The minimum atomic E-state index is 0.0317. The zero-order valence-electron chi connectivity index (χ0n) is 18.7. The number of nitrogens with zero attached hydrogens (tertiary/aromatic N) is 2. The third-order valence-corrected chi connectivity index (χ3v) is 7.15. The monoisotopic (exact) mass is 429 g/mol. The Morgan fingerprint density at radius 3 is 2.77 bits per heavy atom. The largest absolute Gasteiger partial charge is 0.493 e. The van der Waals surface area contributed by atoms with Crippen LogP contribution < -0.4 is 15.2 Å². The molecule has 3 saturated heterocycles. The lowest BCUT2D eigenvalue weighted by atomic mass is 9.71. The molecule has 0 aliphatic carbocycles. The van der Waals surface area contributed by atoms with Gasteiger partial charge in [-0.2, -0.15) is 0 Å². The van der Waals surface area contributed by atoms with E-state index in [2.05, 4.69) is 11.8 Å². The van der Waals surface area contributed by atoms with E-state index in [9.17, 15) is 9.59 Å². The third-order valence-electron chi connectivity index (χ3n) is 7.15. The molecule has 0 unspecified atom stereocenters. The van der Waals surface area contributed by atoms with Crippen LogP contribution in [0.15, 0.2) is 18.2 Å². The molecule has 0 radical (unpaired) electrons. The number of amides is 2. The minimum Gasteiger partial charge on any atom is -0.493 e. The molecule has 2 N–H and O–H groups in total. The number of ether oxygens (including phenoxy) is 2. The van der Waals surface area contributed by atoms with Crippen molar-refractivity contribution in [3.8, 4) is 11.5 Å². The predicted octanol–water partition coefficient (Wildman–Crippen LogP) is 2.67. The van der Waals surface area contributed by atoms with E-state index in [0.717, 1.165) is 38.6 Å². The van der Waals surface area contributed by atoms with Crippen molar-refractivity contribution in [2.24, 2.45) is 17.6 Å². The van der Waals surface area contributed by atoms with E-state index in [1.54, 1.807) is 25.3 Å². The fraction of sp³-hybridized carbons (Fsp3) is 0.667. The van der Waals surface area contributed by atoms with Crippen molar-refractivity contribution < 1.29 is 19.1 Å². The predicted molar refractivity (Wildman–Crippen MR) is 118 cm³/mol. The maximum atomic E-state index is 13.4. The van der Waals surface area contributed by atoms with Crippen LogP contribution in [0.2, 0.25) is 0 Å². The molecule has 2 bridgehead atoms. The Morgan fingerprint density at radius 2 is 2.03 bits per heavy atom. The van der Waals surface area contributed by atoms with Crippen molar-refractivity contribution in [1.82, 2.24) is 9.80 Å². The summed E-state index contributed by atoms with van der Waals surface area (Å²) in [5, 5.41) is 0. The molecule has 3 heterocycles. The highest BCUT2D eigenvalue weighted by molar-refractivity contribution is 5.95. The zero-order chi connectivity index (χ0) is 22.0. The first-order valence-electron chi connectivity index (χ1n) is 11.7. The van der Waals surface area contributed by atoms with Crippen LogP contribution in [0.4, 0.5) is 0 Å². The molecule has 3 aliphatic rings. The number of methoxy groups -OCH3 is 1. The first-order chi connectivity index (χ1) is 15.1. The number of carbonyl (C=O) groups excluding carboxylic acids is 2. The quantitative estimate of drug-likeness (QED) is 0.720. The SMILES string of the molecule is CCC[C@H]1[C@H]2C[C@H](CN(C(=O)c3ccc(OCCN)c(OC)c3)C2)[C@@H]2CCCC(=O)N21. The first kappa shape index (κ1) is 21.9. The molecule has 7 nitrogen and oxygen atoms in total. The molecule has 1 aromatic carbocycles. The number of fused-ring (bicyclic) bond motifs is 4. The van der Waals surface area contributed by atoms with Crippen LogP contribution in [-0.2, 0) is 4.79 Å². The highest BCUT2D eigenvalue weighted by Gasteiger charge is 2.49. The maximum Gasteiger partial charge on any atom is 0.254 e. The summed E-state index contributed by atoms with van der Waals surface area (Å²) in [5.74, 6) is 2.22. The van der Waals surface area contributed by atoms with Crippen LogP contribution in [0.1, 0.15) is 55.8 Å². The topological polar surface area (TPSA) is 85.1 Å². The third kappa shape index (κ3) is 4.25. The Hall–Kier alpha value is -2.28. The highest BCUT2D eigenvalue weighted by atomic mass is 16.5. The van der Waals surface area contributed by atoms with Gasteiger partial charge in [0.15, 0.2) is 11.5 Å². The van der Waals surface area contributed by atoms with Crippen LogP contribution in [-0.4, -0.2) is 67.0 Å². The lowest BCUT2D eigenvalue weighted by Crippen LogP contribution is -2.65. The molecule has 0 spiro atoms. The Kier molecular flexibility index (Phi) is 6.70. The minimum absolute atomic E-state index is 0.0317. The average molecular weight is 430 g/mol. The van der Waals surface area contributed by atoms with E-state index in [4.69, 9.17) is 15.2 Å². The second-order valence-corrected chi connectivity index (χ2v) is 9.09. The van der Waals surface area contributed by atoms with Gasteiger partial charge in [0, 0.05) is 43.7 Å². The molecule has 1 aromatic rings. The smallest absolute Gasteiger partial charge is 0.254 e. The standard InChI is InChI=1S/C24H35N3O4/c1-3-5-19-17-12-18(20-6-4-7-23(28)27(19)20)15-26(14-17)24(29)16-8-9-21(31-11-10-25)22(13-16)30-2/h8-9,13,17-20H,3-7,10-12,14-15,25H2,1-2H3/t17-,18+,19-,20-/m0/s1. The molecule has 31 heavy (non-hydrogen) atoms. The van der Waals surface area contributed by atoms with Crippen LogP contribution in [0.25, 0.3) is 0 Å². The van der Waals surface area contributed by atoms with Gasteiger partial charge >= 0.3 is 0 Å². The molecule has 170 valence electrons. The molecule has 3 fully saturated rings.